The zero-order valence-electron chi connectivity index (χ0n) is 19.5. The minimum atomic E-state index is -1.28. The molecule has 0 aliphatic rings. The van der Waals surface area contributed by atoms with Gasteiger partial charge in [-0.15, -0.1) is 0 Å². The van der Waals surface area contributed by atoms with E-state index in [0.717, 1.165) is 0 Å². The standard InChI is InChI=1S/C24H12O8.C2H5N3O2/c25-21(26)13-5-1-9-10-2-6-15(23(29)30)20-16(24(31)32)8-4-12(18(10)20)11-3-7-14(22(27)28)19(13)17(9)11;3-1(6)5-2(4)7/h1-8H,(H,25,26)(H,27,28)(H,29,30)(H,31,32);(H5,3,4,5,6,7). The van der Waals surface area contributed by atoms with E-state index in [2.05, 4.69) is 11.5 Å². The lowest BCUT2D eigenvalue weighted by molar-refractivity contribution is 0.0681. The molecule has 0 spiro atoms. The Labute approximate surface area is 216 Å². The lowest BCUT2D eigenvalue weighted by Gasteiger charge is -2.18. The summed E-state index contributed by atoms with van der Waals surface area (Å²) in [6.07, 6.45) is 0. The van der Waals surface area contributed by atoms with Crippen molar-refractivity contribution in [1.29, 1.82) is 0 Å². The number of carbonyl (C=O) groups is 6. The quantitative estimate of drug-likeness (QED) is 0.132. The van der Waals surface area contributed by atoms with Gasteiger partial charge < -0.3 is 31.9 Å². The minimum Gasteiger partial charge on any atom is -0.478 e. The maximum Gasteiger partial charge on any atom is 0.336 e. The highest BCUT2D eigenvalue weighted by Crippen LogP contribution is 2.43. The molecule has 0 saturated carbocycles. The number of imide groups is 1. The molecule has 5 aromatic rings. The predicted octanol–water partition coefficient (Wildman–Crippen LogP) is 3.26. The molecule has 0 unspecified atom stereocenters. The second-order valence-corrected chi connectivity index (χ2v) is 8.22. The maximum atomic E-state index is 11.9. The fourth-order valence-corrected chi connectivity index (χ4v) is 4.72. The zero-order valence-corrected chi connectivity index (χ0v) is 19.5. The molecule has 196 valence electrons. The van der Waals surface area contributed by atoms with Crippen molar-refractivity contribution in [3.05, 3.63) is 70.8 Å². The van der Waals surface area contributed by atoms with Crippen molar-refractivity contribution in [2.45, 2.75) is 0 Å². The molecule has 39 heavy (non-hydrogen) atoms. The zero-order chi connectivity index (χ0) is 28.8. The second kappa shape index (κ2) is 9.48. The predicted molar refractivity (Wildman–Crippen MR) is 138 cm³/mol. The summed E-state index contributed by atoms with van der Waals surface area (Å²) in [6, 6.07) is 9.48. The summed E-state index contributed by atoms with van der Waals surface area (Å²) in [4.78, 5) is 66.7. The van der Waals surface area contributed by atoms with Gasteiger partial charge in [-0.1, -0.05) is 24.3 Å². The number of carbonyl (C=O) groups excluding carboxylic acids is 2. The number of aromatic carboxylic acids is 4. The Balaban J connectivity index is 0.000000448. The number of nitrogens with two attached hydrogens (primary N) is 2. The topological polar surface area (TPSA) is 247 Å². The van der Waals surface area contributed by atoms with Crippen molar-refractivity contribution < 1.29 is 49.2 Å². The van der Waals surface area contributed by atoms with Crippen molar-refractivity contribution in [3.8, 4) is 0 Å². The molecule has 0 atom stereocenters. The van der Waals surface area contributed by atoms with Gasteiger partial charge in [0.15, 0.2) is 0 Å². The van der Waals surface area contributed by atoms with Crippen molar-refractivity contribution in [2.24, 2.45) is 11.5 Å². The second-order valence-electron chi connectivity index (χ2n) is 8.22. The summed E-state index contributed by atoms with van der Waals surface area (Å²) in [5.74, 6) is -5.13. The molecule has 0 fully saturated rings. The largest absolute Gasteiger partial charge is 0.478 e. The van der Waals surface area contributed by atoms with Gasteiger partial charge >= 0.3 is 35.9 Å². The first-order valence-corrected chi connectivity index (χ1v) is 10.8. The van der Waals surface area contributed by atoms with Gasteiger partial charge in [0.2, 0.25) is 0 Å². The van der Waals surface area contributed by atoms with Gasteiger partial charge in [-0.05, 0) is 56.6 Å². The molecule has 0 aliphatic carbocycles. The molecule has 13 nitrogen and oxygen atoms in total. The highest BCUT2D eigenvalue weighted by atomic mass is 16.4. The van der Waals surface area contributed by atoms with Crippen LogP contribution in [0.5, 0.6) is 0 Å². The molecular weight excluding hydrogens is 514 g/mol. The molecular formula is C26H17N3O10. The Morgan fingerprint density at radius 1 is 0.436 bits per heavy atom. The van der Waals surface area contributed by atoms with E-state index >= 15 is 0 Å². The molecule has 5 aromatic carbocycles. The summed E-state index contributed by atoms with van der Waals surface area (Å²) in [7, 11) is 0. The number of urea groups is 2. The van der Waals surface area contributed by atoms with Crippen molar-refractivity contribution in [2.75, 3.05) is 0 Å². The monoisotopic (exact) mass is 531 g/mol. The summed E-state index contributed by atoms with van der Waals surface area (Å²) in [5, 5.41) is 43.2. The lowest BCUT2D eigenvalue weighted by Crippen LogP contribution is -2.38. The van der Waals surface area contributed by atoms with E-state index in [9.17, 15) is 49.2 Å². The number of fused-ring (bicyclic) bond motifs is 2. The smallest absolute Gasteiger partial charge is 0.336 e. The SMILES string of the molecule is NC(=O)NC(N)=O.O=C(O)c1ccc2c3ccc(C(=O)O)c4c(C(=O)O)ccc(c5ccc(C(=O)O)c1c25)c43. The summed E-state index contributed by atoms with van der Waals surface area (Å²) in [5.41, 5.74) is 8.19. The van der Waals surface area contributed by atoms with E-state index < -0.39 is 35.9 Å². The minimum absolute atomic E-state index is 0.0587. The van der Waals surface area contributed by atoms with Crippen LogP contribution in [0.2, 0.25) is 0 Å². The van der Waals surface area contributed by atoms with Crippen LogP contribution in [0.1, 0.15) is 41.4 Å². The molecule has 0 bridgehead atoms. The van der Waals surface area contributed by atoms with Crippen molar-refractivity contribution in [1.82, 2.24) is 5.32 Å². The highest BCUT2D eigenvalue weighted by molar-refractivity contribution is 6.38. The molecule has 0 aromatic heterocycles. The van der Waals surface area contributed by atoms with E-state index in [-0.39, 0.29) is 33.0 Å². The summed E-state index contributed by atoms with van der Waals surface area (Å²) in [6.45, 7) is 0. The summed E-state index contributed by atoms with van der Waals surface area (Å²) < 4.78 is 0. The molecule has 4 amide bonds. The number of nitrogens with one attached hydrogen (secondary N) is 1. The van der Waals surface area contributed by atoms with Crippen LogP contribution in [0.15, 0.2) is 48.5 Å². The van der Waals surface area contributed by atoms with E-state index in [1.165, 1.54) is 48.5 Å². The van der Waals surface area contributed by atoms with Gasteiger partial charge in [0.25, 0.3) is 0 Å². The number of carboxylic acids is 4. The number of benzene rings is 5. The normalized spacial score (nSPS) is 10.8. The van der Waals surface area contributed by atoms with E-state index in [1.54, 1.807) is 5.32 Å². The highest BCUT2D eigenvalue weighted by Gasteiger charge is 2.25. The third-order valence-corrected chi connectivity index (χ3v) is 6.07. The Kier molecular flexibility index (Phi) is 6.34. The average Bonchev–Trinajstić information content (AvgIpc) is 2.85. The third kappa shape index (κ3) is 4.29. The molecule has 0 radical (unpaired) electrons. The van der Waals surface area contributed by atoms with Crippen LogP contribution < -0.4 is 16.8 Å². The van der Waals surface area contributed by atoms with Crippen LogP contribution in [-0.4, -0.2) is 56.4 Å². The number of hydrogen-bond donors (Lipinski definition) is 7. The molecule has 0 aliphatic heterocycles. The van der Waals surface area contributed by atoms with E-state index in [4.69, 9.17) is 0 Å². The van der Waals surface area contributed by atoms with Gasteiger partial charge in [-0.3, -0.25) is 5.32 Å². The molecule has 9 N–H and O–H groups in total. The van der Waals surface area contributed by atoms with E-state index in [1.807, 2.05) is 0 Å². The van der Waals surface area contributed by atoms with Crippen molar-refractivity contribution >= 4 is 79.0 Å². The number of rotatable bonds is 4. The molecule has 13 heteroatoms. The van der Waals surface area contributed by atoms with Crippen LogP contribution in [0.4, 0.5) is 9.59 Å². The van der Waals surface area contributed by atoms with E-state index in [0.29, 0.717) is 32.3 Å². The van der Waals surface area contributed by atoms with Crippen LogP contribution >= 0.6 is 0 Å². The first-order valence-electron chi connectivity index (χ1n) is 10.8. The molecule has 0 heterocycles. The van der Waals surface area contributed by atoms with Gasteiger partial charge in [0.1, 0.15) is 0 Å². The maximum absolute atomic E-state index is 11.9. The number of amides is 4. The Hall–Kier alpha value is -5.98. The van der Waals surface area contributed by atoms with Crippen LogP contribution in [-0.2, 0) is 0 Å². The van der Waals surface area contributed by atoms with Gasteiger partial charge in [0.05, 0.1) is 22.3 Å². The number of hydrogen-bond acceptors (Lipinski definition) is 6. The van der Waals surface area contributed by atoms with Gasteiger partial charge in [-0.2, -0.15) is 0 Å². The number of primary amides is 2. The summed E-state index contributed by atoms with van der Waals surface area (Å²) >= 11 is 0. The van der Waals surface area contributed by atoms with Crippen LogP contribution in [0.3, 0.4) is 0 Å². The molecule has 0 saturated heterocycles. The van der Waals surface area contributed by atoms with Gasteiger partial charge in [0, 0.05) is 10.8 Å². The Bertz CT molecular complexity index is 1660. The lowest BCUT2D eigenvalue weighted by atomic mass is 9.84. The van der Waals surface area contributed by atoms with Crippen LogP contribution in [0, 0.1) is 0 Å². The Morgan fingerprint density at radius 2 is 0.667 bits per heavy atom. The fraction of sp³-hybridized carbons (Fsp3) is 0. The molecule has 5 rings (SSSR count). The third-order valence-electron chi connectivity index (χ3n) is 6.07. The fourth-order valence-electron chi connectivity index (χ4n) is 4.72. The first-order chi connectivity index (χ1) is 18.3. The van der Waals surface area contributed by atoms with Crippen LogP contribution in [0.25, 0.3) is 43.1 Å². The Morgan fingerprint density at radius 3 is 0.821 bits per heavy atom. The first kappa shape index (κ1) is 26.1. The number of carboxylic acid groups (broad SMARTS) is 4. The van der Waals surface area contributed by atoms with Gasteiger partial charge in [-0.25, -0.2) is 28.8 Å². The average molecular weight is 531 g/mol. The van der Waals surface area contributed by atoms with Crippen molar-refractivity contribution in [3.63, 3.8) is 0 Å².